The average Bonchev–Trinajstić information content (AvgIpc) is 3.07. The number of hydrogen-bond donors (Lipinski definition) is 3. The lowest BCUT2D eigenvalue weighted by atomic mass is 9.98. The highest BCUT2D eigenvalue weighted by atomic mass is 16.7. The van der Waals surface area contributed by atoms with E-state index >= 15 is 0 Å². The van der Waals surface area contributed by atoms with E-state index in [1.54, 1.807) is 6.92 Å². The van der Waals surface area contributed by atoms with Crippen LogP contribution in [0, 0.1) is 0 Å². The molecule has 3 aromatic carbocycles. The Hall–Kier alpha value is -3.76. The molecular weight excluding hydrogens is 558 g/mol. The van der Waals surface area contributed by atoms with Gasteiger partial charge in [0.1, 0.15) is 6.54 Å². The number of benzene rings is 3. The first-order valence-electron chi connectivity index (χ1n) is 15.6. The molecule has 9 heteroatoms. The molecule has 2 aliphatic heterocycles. The predicted octanol–water partition coefficient (Wildman–Crippen LogP) is 5.24. The van der Waals surface area contributed by atoms with Crippen molar-refractivity contribution in [3.8, 4) is 11.1 Å². The summed E-state index contributed by atoms with van der Waals surface area (Å²) >= 11 is 0. The number of carbonyl (C=O) groups excluding carboxylic acids is 2. The molecule has 0 spiro atoms. The fourth-order valence-corrected chi connectivity index (χ4v) is 5.80. The summed E-state index contributed by atoms with van der Waals surface area (Å²) in [6, 6.07) is 23.8. The summed E-state index contributed by atoms with van der Waals surface area (Å²) in [6.07, 6.45) is 3.91. The molecule has 234 valence electrons. The summed E-state index contributed by atoms with van der Waals surface area (Å²) in [5.74, 6) is -0.473. The zero-order chi connectivity index (χ0) is 30.7. The van der Waals surface area contributed by atoms with E-state index in [4.69, 9.17) is 14.2 Å². The number of rotatable bonds is 11. The zero-order valence-electron chi connectivity index (χ0n) is 25.4. The maximum Gasteiger partial charge on any atom is 0.325 e. The lowest BCUT2D eigenvalue weighted by molar-refractivity contribution is -0.253. The molecule has 44 heavy (non-hydrogen) atoms. The van der Waals surface area contributed by atoms with Gasteiger partial charge >= 0.3 is 12.0 Å². The van der Waals surface area contributed by atoms with Gasteiger partial charge in [0.2, 0.25) is 0 Å². The van der Waals surface area contributed by atoms with Crippen molar-refractivity contribution < 1.29 is 28.9 Å². The molecule has 2 saturated heterocycles. The Morgan fingerprint density at radius 2 is 1.64 bits per heavy atom. The number of aliphatic hydroxyl groups is 1. The van der Waals surface area contributed by atoms with Gasteiger partial charge in [0.05, 0.1) is 25.4 Å². The van der Waals surface area contributed by atoms with Crippen molar-refractivity contribution in [2.24, 2.45) is 0 Å². The molecule has 0 saturated carbocycles. The fraction of sp³-hybridized carbons (Fsp3) is 0.429. The Kier molecular flexibility index (Phi) is 11.4. The number of amides is 2. The maximum absolute atomic E-state index is 12.1. The van der Waals surface area contributed by atoms with Crippen molar-refractivity contribution in [3.05, 3.63) is 95.1 Å². The Balaban J connectivity index is 1.29. The van der Waals surface area contributed by atoms with Crippen LogP contribution in [0.1, 0.15) is 67.3 Å². The van der Waals surface area contributed by atoms with E-state index in [9.17, 15) is 14.7 Å². The molecule has 0 radical (unpaired) electrons. The number of aliphatic hydroxyl groups excluding tert-OH is 1. The molecule has 3 atom stereocenters. The number of piperidine rings is 1. The van der Waals surface area contributed by atoms with Crippen LogP contribution in [0.25, 0.3) is 11.1 Å². The molecule has 0 unspecified atom stereocenters. The van der Waals surface area contributed by atoms with Crippen molar-refractivity contribution >= 4 is 12.0 Å². The molecule has 2 fully saturated rings. The second-order valence-corrected chi connectivity index (χ2v) is 11.4. The summed E-state index contributed by atoms with van der Waals surface area (Å²) in [5.41, 5.74) is 5.87. The second kappa shape index (κ2) is 15.8. The third-order valence-corrected chi connectivity index (χ3v) is 8.10. The summed E-state index contributed by atoms with van der Waals surface area (Å²) in [7, 11) is 0. The van der Waals surface area contributed by atoms with Gasteiger partial charge in [-0.2, -0.15) is 0 Å². The normalized spacial score (nSPS) is 20.5. The van der Waals surface area contributed by atoms with Crippen molar-refractivity contribution in [3.63, 3.8) is 0 Å². The Morgan fingerprint density at radius 1 is 0.886 bits per heavy atom. The molecule has 0 bridgehead atoms. The van der Waals surface area contributed by atoms with E-state index in [-0.39, 0.29) is 32.0 Å². The third-order valence-electron chi connectivity index (χ3n) is 8.10. The van der Waals surface area contributed by atoms with Gasteiger partial charge in [-0.1, -0.05) is 67.1 Å². The van der Waals surface area contributed by atoms with Gasteiger partial charge in [0.15, 0.2) is 6.29 Å². The minimum atomic E-state index is -0.519. The number of urea groups is 1. The van der Waals surface area contributed by atoms with Gasteiger partial charge in [0.25, 0.3) is 0 Å². The van der Waals surface area contributed by atoms with Gasteiger partial charge in [-0.25, -0.2) is 4.79 Å². The fourth-order valence-electron chi connectivity index (χ4n) is 5.80. The summed E-state index contributed by atoms with van der Waals surface area (Å²) < 4.78 is 18.1. The van der Waals surface area contributed by atoms with Crippen LogP contribution in [0.4, 0.5) is 4.79 Å². The van der Waals surface area contributed by atoms with Gasteiger partial charge in [-0.15, -0.1) is 0 Å². The molecule has 0 aliphatic carbocycles. The molecular formula is C35H43N3O6. The highest BCUT2D eigenvalue weighted by molar-refractivity contribution is 5.80. The number of esters is 1. The smallest absolute Gasteiger partial charge is 0.325 e. The van der Waals surface area contributed by atoms with Crippen LogP contribution >= 0.6 is 0 Å². The van der Waals surface area contributed by atoms with E-state index in [1.165, 1.54) is 19.3 Å². The first-order valence-corrected chi connectivity index (χ1v) is 15.6. The van der Waals surface area contributed by atoms with Gasteiger partial charge in [0, 0.05) is 25.1 Å². The third kappa shape index (κ3) is 8.89. The summed E-state index contributed by atoms with van der Waals surface area (Å²) in [5, 5.41) is 14.8. The topological polar surface area (TPSA) is 109 Å². The lowest BCUT2D eigenvalue weighted by Crippen LogP contribution is -2.41. The zero-order valence-corrected chi connectivity index (χ0v) is 25.4. The number of hydrogen-bond acceptors (Lipinski definition) is 7. The van der Waals surface area contributed by atoms with Crippen molar-refractivity contribution in [2.75, 3.05) is 32.8 Å². The number of ether oxygens (including phenoxy) is 3. The standard InChI is InChI=1S/C35H43N3O6/c1-2-42-33(40)22-37-35(41)36-21-26-8-6-9-28(18-26)29-10-7-11-30(19-29)34-43-31(23-38-16-4-3-5-17-38)20-32(44-34)27-14-12-25(24-39)13-15-27/h6-15,18-19,31-32,34,39H,2-5,16-17,20-24H2,1H3,(H2,36,37,41)/t31-,32+,34+/m1/s1. The van der Waals surface area contributed by atoms with Crippen LogP contribution in [0.5, 0.6) is 0 Å². The van der Waals surface area contributed by atoms with Gasteiger partial charge in [-0.3, -0.25) is 4.79 Å². The molecule has 2 aliphatic rings. The SMILES string of the molecule is CCOC(=O)CNC(=O)NCc1cccc(-c2cccc([C@H]3O[C@@H](CN4CCCCC4)C[C@@H](c4ccc(CO)cc4)O3)c2)c1. The minimum absolute atomic E-state index is 0.0157. The van der Waals surface area contributed by atoms with Crippen LogP contribution in [0.2, 0.25) is 0 Å². The molecule has 3 N–H and O–H groups in total. The van der Waals surface area contributed by atoms with E-state index in [0.29, 0.717) is 6.54 Å². The summed E-state index contributed by atoms with van der Waals surface area (Å²) in [6.45, 7) is 5.24. The van der Waals surface area contributed by atoms with E-state index in [2.05, 4.69) is 27.7 Å². The first kappa shape index (κ1) is 31.7. The summed E-state index contributed by atoms with van der Waals surface area (Å²) in [4.78, 5) is 26.1. The highest BCUT2D eigenvalue weighted by Crippen LogP contribution is 2.39. The quantitative estimate of drug-likeness (QED) is 0.258. The van der Waals surface area contributed by atoms with Crippen LogP contribution in [-0.4, -0.2) is 60.9 Å². The average molecular weight is 602 g/mol. The minimum Gasteiger partial charge on any atom is -0.465 e. The maximum atomic E-state index is 12.1. The van der Waals surface area contributed by atoms with Crippen molar-refractivity contribution in [1.29, 1.82) is 0 Å². The Labute approximate surface area is 259 Å². The molecule has 0 aromatic heterocycles. The van der Waals surface area contributed by atoms with E-state index in [0.717, 1.165) is 59.4 Å². The molecule has 9 nitrogen and oxygen atoms in total. The van der Waals surface area contributed by atoms with E-state index < -0.39 is 18.3 Å². The van der Waals surface area contributed by atoms with Crippen molar-refractivity contribution in [1.82, 2.24) is 15.5 Å². The first-order chi connectivity index (χ1) is 21.5. The lowest BCUT2D eigenvalue weighted by Gasteiger charge is -2.39. The van der Waals surface area contributed by atoms with Crippen LogP contribution in [-0.2, 0) is 32.2 Å². The van der Waals surface area contributed by atoms with Gasteiger partial charge < -0.3 is 34.9 Å². The monoisotopic (exact) mass is 601 g/mol. The predicted molar refractivity (Wildman–Crippen MR) is 167 cm³/mol. The molecule has 3 aromatic rings. The van der Waals surface area contributed by atoms with Gasteiger partial charge in [-0.05, 0) is 72.8 Å². The Bertz CT molecular complexity index is 1370. The molecule has 2 amide bonds. The molecule has 2 heterocycles. The molecule has 5 rings (SSSR count). The van der Waals surface area contributed by atoms with Crippen molar-refractivity contribution in [2.45, 2.75) is 64.3 Å². The van der Waals surface area contributed by atoms with Crippen LogP contribution in [0.3, 0.4) is 0 Å². The number of nitrogens with zero attached hydrogens (tertiary/aromatic N) is 1. The highest BCUT2D eigenvalue weighted by Gasteiger charge is 2.33. The Morgan fingerprint density at radius 3 is 2.39 bits per heavy atom. The number of carbonyl (C=O) groups is 2. The van der Waals surface area contributed by atoms with Crippen LogP contribution in [0.15, 0.2) is 72.8 Å². The van der Waals surface area contributed by atoms with E-state index in [1.807, 2.05) is 60.7 Å². The number of likely N-dealkylation sites (tertiary alicyclic amines) is 1. The largest absolute Gasteiger partial charge is 0.465 e. The second-order valence-electron chi connectivity index (χ2n) is 11.4. The number of nitrogens with one attached hydrogen (secondary N) is 2. The van der Waals surface area contributed by atoms with Crippen LogP contribution < -0.4 is 10.6 Å².